The van der Waals surface area contributed by atoms with Crippen molar-refractivity contribution in [1.82, 2.24) is 4.98 Å². The Balaban J connectivity index is 2.14. The summed E-state index contributed by atoms with van der Waals surface area (Å²) in [6.07, 6.45) is 4.91. The predicted molar refractivity (Wildman–Crippen MR) is 60.2 cm³/mol. The molecule has 3 nitrogen and oxygen atoms in total. The number of rotatable bonds is 3. The molecule has 1 aromatic carbocycles. The van der Waals surface area contributed by atoms with Crippen molar-refractivity contribution in [2.75, 3.05) is 0 Å². The Hall–Kier alpha value is -1.74. The van der Waals surface area contributed by atoms with Crippen LogP contribution in [0.3, 0.4) is 0 Å². The maximum Gasteiger partial charge on any atom is 0.227 e. The van der Waals surface area contributed by atoms with Crippen LogP contribution in [-0.4, -0.2) is 10.8 Å². The molecule has 0 aliphatic carbocycles. The minimum absolute atomic E-state index is 0.0490. The van der Waals surface area contributed by atoms with Gasteiger partial charge in [0, 0.05) is 5.56 Å². The molecule has 0 saturated carbocycles. The van der Waals surface area contributed by atoms with Crippen molar-refractivity contribution in [2.45, 2.75) is 6.54 Å². The van der Waals surface area contributed by atoms with E-state index in [1.807, 2.05) is 18.2 Å². The van der Waals surface area contributed by atoms with Gasteiger partial charge in [-0.2, -0.15) is 4.57 Å². The summed E-state index contributed by atoms with van der Waals surface area (Å²) in [6, 6.07) is 9.17. The van der Waals surface area contributed by atoms with Crippen LogP contribution in [0.2, 0.25) is 5.15 Å². The molecule has 0 aliphatic rings. The third kappa shape index (κ3) is 2.64. The lowest BCUT2D eigenvalue weighted by Crippen LogP contribution is -2.37. The van der Waals surface area contributed by atoms with Gasteiger partial charge in [0.05, 0.1) is 6.20 Å². The van der Waals surface area contributed by atoms with E-state index >= 15 is 0 Å². The fraction of sp³-hybridized carbons (Fsp3) is 0.0833. The monoisotopic (exact) mass is 233 g/mol. The number of hydrogen-bond acceptors (Lipinski definition) is 2. The molecule has 0 spiro atoms. The molecule has 80 valence electrons. The van der Waals surface area contributed by atoms with E-state index in [9.17, 15) is 4.79 Å². The third-order valence-corrected chi connectivity index (χ3v) is 2.35. The van der Waals surface area contributed by atoms with Crippen LogP contribution in [0, 0.1) is 0 Å². The second kappa shape index (κ2) is 4.86. The van der Waals surface area contributed by atoms with Crippen molar-refractivity contribution in [1.29, 1.82) is 0 Å². The number of benzene rings is 1. The highest BCUT2D eigenvalue weighted by atomic mass is 35.5. The van der Waals surface area contributed by atoms with Crippen LogP contribution >= 0.6 is 11.6 Å². The Morgan fingerprint density at radius 2 is 2.06 bits per heavy atom. The molecule has 1 heterocycles. The first kappa shape index (κ1) is 10.8. The molecule has 0 atom stereocenters. The number of carbonyl (C=O) groups is 1. The zero-order chi connectivity index (χ0) is 11.4. The second-order valence-electron chi connectivity index (χ2n) is 3.34. The fourth-order valence-corrected chi connectivity index (χ4v) is 1.56. The number of nitrogens with zero attached hydrogens (tertiary/aromatic N) is 2. The van der Waals surface area contributed by atoms with Crippen molar-refractivity contribution in [2.24, 2.45) is 0 Å². The number of aromatic nitrogens is 2. The van der Waals surface area contributed by atoms with Crippen LogP contribution in [-0.2, 0) is 6.54 Å². The molecule has 2 rings (SSSR count). The van der Waals surface area contributed by atoms with Crippen molar-refractivity contribution >= 4 is 17.4 Å². The Bertz CT molecular complexity index is 499. The summed E-state index contributed by atoms with van der Waals surface area (Å²) in [5, 5.41) is 0.378. The van der Waals surface area contributed by atoms with E-state index in [-0.39, 0.29) is 12.3 Å². The first-order valence-electron chi connectivity index (χ1n) is 4.84. The van der Waals surface area contributed by atoms with Crippen LogP contribution in [0.25, 0.3) is 0 Å². The normalized spacial score (nSPS) is 10.1. The summed E-state index contributed by atoms with van der Waals surface area (Å²) in [7, 11) is 0. The molecule has 0 radical (unpaired) electrons. The Morgan fingerprint density at radius 3 is 2.75 bits per heavy atom. The lowest BCUT2D eigenvalue weighted by atomic mass is 10.1. The van der Waals surface area contributed by atoms with Gasteiger partial charge in [-0.1, -0.05) is 41.9 Å². The molecule has 0 N–H and O–H groups in total. The average Bonchev–Trinajstić information content (AvgIpc) is 2.30. The summed E-state index contributed by atoms with van der Waals surface area (Å²) in [5.74, 6) is 0.0490. The van der Waals surface area contributed by atoms with Crippen molar-refractivity contribution in [3.8, 4) is 0 Å². The van der Waals surface area contributed by atoms with Gasteiger partial charge in [0.15, 0.2) is 11.3 Å². The summed E-state index contributed by atoms with van der Waals surface area (Å²) in [4.78, 5) is 15.7. The molecule has 4 heteroatoms. The van der Waals surface area contributed by atoms with Gasteiger partial charge in [0.25, 0.3) is 0 Å². The molecule has 0 fully saturated rings. The number of hydrogen-bond donors (Lipinski definition) is 0. The molecule has 0 bridgehead atoms. The van der Waals surface area contributed by atoms with Crippen LogP contribution < -0.4 is 4.57 Å². The maximum atomic E-state index is 11.8. The van der Waals surface area contributed by atoms with E-state index in [0.29, 0.717) is 10.7 Å². The molecule has 0 aliphatic heterocycles. The largest absolute Gasteiger partial charge is 0.287 e. The van der Waals surface area contributed by atoms with E-state index in [1.54, 1.807) is 35.3 Å². The topological polar surface area (TPSA) is 33.8 Å². The van der Waals surface area contributed by atoms with Crippen LogP contribution in [0.1, 0.15) is 10.4 Å². The van der Waals surface area contributed by atoms with Gasteiger partial charge in [-0.05, 0) is 0 Å². The molecular formula is C12H10ClN2O+. The van der Waals surface area contributed by atoms with Gasteiger partial charge in [0.2, 0.25) is 18.5 Å². The van der Waals surface area contributed by atoms with Gasteiger partial charge >= 0.3 is 0 Å². The summed E-state index contributed by atoms with van der Waals surface area (Å²) < 4.78 is 1.71. The molecule has 0 saturated heterocycles. The number of Topliss-reactive ketones (excluding diaryl/α,β-unsaturated/α-hetero) is 1. The first-order chi connectivity index (χ1) is 7.75. The SMILES string of the molecule is O=C(C[n+]1ccnc(Cl)c1)c1ccccc1. The summed E-state index contributed by atoms with van der Waals surface area (Å²) in [6.45, 7) is 0.270. The Morgan fingerprint density at radius 1 is 1.31 bits per heavy atom. The smallest absolute Gasteiger partial charge is 0.227 e. The second-order valence-corrected chi connectivity index (χ2v) is 3.73. The first-order valence-corrected chi connectivity index (χ1v) is 5.22. The van der Waals surface area contributed by atoms with Crippen LogP contribution in [0.5, 0.6) is 0 Å². The molecule has 0 unspecified atom stereocenters. The molecule has 2 aromatic rings. The van der Waals surface area contributed by atoms with Crippen molar-refractivity contribution in [3.63, 3.8) is 0 Å². The molecule has 1 aromatic heterocycles. The maximum absolute atomic E-state index is 11.8. The average molecular weight is 234 g/mol. The quantitative estimate of drug-likeness (QED) is 0.600. The van der Waals surface area contributed by atoms with Crippen LogP contribution in [0.4, 0.5) is 0 Å². The van der Waals surface area contributed by atoms with E-state index in [1.165, 1.54) is 0 Å². The van der Waals surface area contributed by atoms with Gasteiger partial charge in [-0.25, -0.2) is 4.98 Å². The Kier molecular flexibility index (Phi) is 3.27. The standard InChI is InChI=1S/C12H10ClN2O/c13-12-9-15(7-6-14-12)8-11(16)10-4-2-1-3-5-10/h1-7,9H,8H2/q+1. The molecule has 0 amide bonds. The fourth-order valence-electron chi connectivity index (χ4n) is 1.38. The zero-order valence-electron chi connectivity index (χ0n) is 8.51. The van der Waals surface area contributed by atoms with Gasteiger partial charge < -0.3 is 0 Å². The lowest BCUT2D eigenvalue weighted by molar-refractivity contribution is -0.683. The highest BCUT2D eigenvalue weighted by molar-refractivity contribution is 6.29. The Labute approximate surface area is 98.3 Å². The highest BCUT2D eigenvalue weighted by Crippen LogP contribution is 2.01. The summed E-state index contributed by atoms with van der Waals surface area (Å²) >= 11 is 5.73. The number of carbonyl (C=O) groups excluding carboxylic acids is 1. The minimum atomic E-state index is 0.0490. The van der Waals surface area contributed by atoms with Gasteiger partial charge in [0.1, 0.15) is 0 Å². The number of halogens is 1. The molecular weight excluding hydrogens is 224 g/mol. The lowest BCUT2D eigenvalue weighted by Gasteiger charge is -1.97. The van der Waals surface area contributed by atoms with E-state index in [2.05, 4.69) is 4.98 Å². The minimum Gasteiger partial charge on any atom is -0.287 e. The van der Waals surface area contributed by atoms with E-state index < -0.39 is 0 Å². The molecule has 16 heavy (non-hydrogen) atoms. The predicted octanol–water partition coefficient (Wildman–Crippen LogP) is 1.91. The third-order valence-electron chi connectivity index (χ3n) is 2.15. The number of ketones is 1. The highest BCUT2D eigenvalue weighted by Gasteiger charge is 2.11. The van der Waals surface area contributed by atoms with E-state index in [4.69, 9.17) is 11.6 Å². The van der Waals surface area contributed by atoms with Gasteiger partial charge in [-0.15, -0.1) is 0 Å². The van der Waals surface area contributed by atoms with Gasteiger partial charge in [-0.3, -0.25) is 4.79 Å². The van der Waals surface area contributed by atoms with Crippen LogP contribution in [0.15, 0.2) is 48.9 Å². The van der Waals surface area contributed by atoms with Crippen molar-refractivity contribution in [3.05, 3.63) is 59.6 Å². The van der Waals surface area contributed by atoms with E-state index in [0.717, 1.165) is 0 Å². The summed E-state index contributed by atoms with van der Waals surface area (Å²) in [5.41, 5.74) is 0.697. The zero-order valence-corrected chi connectivity index (χ0v) is 9.26. The van der Waals surface area contributed by atoms with Crippen molar-refractivity contribution < 1.29 is 9.36 Å².